The van der Waals surface area contributed by atoms with Gasteiger partial charge < -0.3 is 4.48 Å². The van der Waals surface area contributed by atoms with E-state index >= 15 is 0 Å². The van der Waals surface area contributed by atoms with Crippen LogP contribution in [0.3, 0.4) is 0 Å². The summed E-state index contributed by atoms with van der Waals surface area (Å²) < 4.78 is 0.781. The molecule has 0 unspecified atom stereocenters. The average molecular weight is 219 g/mol. The topological polar surface area (TPSA) is 0 Å². The lowest BCUT2D eigenvalue weighted by Crippen LogP contribution is -2.37. The smallest absolute Gasteiger partial charge is 0.154 e. The van der Waals surface area contributed by atoms with Crippen LogP contribution in [0.25, 0.3) is 0 Å². The van der Waals surface area contributed by atoms with E-state index in [9.17, 15) is 0 Å². The summed E-state index contributed by atoms with van der Waals surface area (Å²) in [6.07, 6.45) is 0. The van der Waals surface area contributed by atoms with Crippen LogP contribution < -0.4 is 0 Å². The fourth-order valence-electron chi connectivity index (χ4n) is 1.13. The molecule has 0 heterocycles. The molecule has 0 amide bonds. The van der Waals surface area contributed by atoms with Crippen molar-refractivity contribution >= 4 is 23.2 Å². The molecule has 0 bridgehead atoms. The summed E-state index contributed by atoms with van der Waals surface area (Å²) in [4.78, 5) is 0. The van der Waals surface area contributed by atoms with Gasteiger partial charge in [0.1, 0.15) is 6.54 Å². The maximum absolute atomic E-state index is 5.82. The first-order valence-corrected chi connectivity index (χ1v) is 5.07. The van der Waals surface area contributed by atoms with E-state index in [4.69, 9.17) is 23.2 Å². The van der Waals surface area contributed by atoms with Crippen LogP contribution in [0.5, 0.6) is 0 Å². The highest BCUT2D eigenvalue weighted by Crippen LogP contribution is 2.13. The molecule has 0 N–H and O–H groups in total. The molecule has 1 rings (SSSR count). The molecule has 3 heteroatoms. The standard InChI is InChI=1S/C10H14Cl2N/c1-13(2,8-11)7-9-3-5-10(12)6-4-9/h3-6H,7-8H2,1-2H3/q+1. The van der Waals surface area contributed by atoms with Gasteiger partial charge in [0.15, 0.2) is 6.00 Å². The summed E-state index contributed by atoms with van der Waals surface area (Å²) in [6.45, 7) is 0.931. The summed E-state index contributed by atoms with van der Waals surface area (Å²) in [5.41, 5.74) is 1.26. The quantitative estimate of drug-likeness (QED) is 0.416. The second-order valence-corrected chi connectivity index (χ2v) is 4.52. The van der Waals surface area contributed by atoms with Gasteiger partial charge in [-0.25, -0.2) is 0 Å². The lowest BCUT2D eigenvalue weighted by atomic mass is 10.2. The molecule has 13 heavy (non-hydrogen) atoms. The highest BCUT2D eigenvalue weighted by molar-refractivity contribution is 6.30. The zero-order chi connectivity index (χ0) is 9.90. The lowest BCUT2D eigenvalue weighted by molar-refractivity contribution is -0.892. The van der Waals surface area contributed by atoms with Crippen molar-refractivity contribution in [1.29, 1.82) is 0 Å². The Bertz CT molecular complexity index is 267. The van der Waals surface area contributed by atoms with Crippen LogP contribution in [0.2, 0.25) is 5.02 Å². The van der Waals surface area contributed by atoms with E-state index in [1.807, 2.05) is 24.3 Å². The Labute approximate surface area is 89.5 Å². The fraction of sp³-hybridized carbons (Fsp3) is 0.400. The van der Waals surface area contributed by atoms with E-state index in [0.29, 0.717) is 6.00 Å². The number of benzene rings is 1. The van der Waals surface area contributed by atoms with Gasteiger partial charge in [0.25, 0.3) is 0 Å². The van der Waals surface area contributed by atoms with Crippen molar-refractivity contribution in [2.45, 2.75) is 6.54 Å². The molecule has 0 aliphatic carbocycles. The molecule has 0 atom stereocenters. The van der Waals surface area contributed by atoms with Crippen molar-refractivity contribution in [3.05, 3.63) is 34.9 Å². The molecule has 0 saturated carbocycles. The zero-order valence-corrected chi connectivity index (χ0v) is 9.44. The molecule has 0 aromatic heterocycles. The van der Waals surface area contributed by atoms with Crippen molar-refractivity contribution in [3.63, 3.8) is 0 Å². The van der Waals surface area contributed by atoms with E-state index in [2.05, 4.69) is 14.1 Å². The van der Waals surface area contributed by atoms with Gasteiger partial charge in [0.2, 0.25) is 0 Å². The summed E-state index contributed by atoms with van der Waals surface area (Å²) in [5.74, 6) is 0. The van der Waals surface area contributed by atoms with Gasteiger partial charge in [-0.1, -0.05) is 35.3 Å². The molecule has 0 radical (unpaired) electrons. The Balaban J connectivity index is 2.69. The van der Waals surface area contributed by atoms with Crippen LogP contribution >= 0.6 is 23.2 Å². The summed E-state index contributed by atoms with van der Waals surface area (Å²) in [5, 5.41) is 0.778. The zero-order valence-electron chi connectivity index (χ0n) is 7.93. The largest absolute Gasteiger partial charge is 0.312 e. The van der Waals surface area contributed by atoms with Crippen molar-refractivity contribution in [1.82, 2.24) is 0 Å². The number of halogens is 2. The van der Waals surface area contributed by atoms with Gasteiger partial charge in [-0.3, -0.25) is 0 Å². The first-order valence-electron chi connectivity index (χ1n) is 4.16. The van der Waals surface area contributed by atoms with Gasteiger partial charge in [0, 0.05) is 10.6 Å². The van der Waals surface area contributed by atoms with Gasteiger partial charge >= 0.3 is 0 Å². The predicted molar refractivity (Wildman–Crippen MR) is 58.0 cm³/mol. The molecular weight excluding hydrogens is 205 g/mol. The second-order valence-electron chi connectivity index (χ2n) is 3.84. The van der Waals surface area contributed by atoms with Crippen molar-refractivity contribution in [2.24, 2.45) is 0 Å². The van der Waals surface area contributed by atoms with E-state index < -0.39 is 0 Å². The predicted octanol–water partition coefficient (Wildman–Crippen LogP) is 3.11. The minimum absolute atomic E-state index is 0.614. The van der Waals surface area contributed by atoms with Gasteiger partial charge in [-0.05, 0) is 12.1 Å². The van der Waals surface area contributed by atoms with Crippen molar-refractivity contribution in [3.8, 4) is 0 Å². The Morgan fingerprint density at radius 3 is 2.15 bits per heavy atom. The molecule has 72 valence electrons. The van der Waals surface area contributed by atoms with E-state index in [0.717, 1.165) is 16.1 Å². The van der Waals surface area contributed by atoms with Crippen LogP contribution in [-0.2, 0) is 6.54 Å². The van der Waals surface area contributed by atoms with Crippen LogP contribution in [-0.4, -0.2) is 24.6 Å². The highest BCUT2D eigenvalue weighted by Gasteiger charge is 2.13. The normalized spacial score (nSPS) is 11.7. The van der Waals surface area contributed by atoms with Gasteiger partial charge in [0.05, 0.1) is 14.1 Å². The number of hydrogen-bond donors (Lipinski definition) is 0. The van der Waals surface area contributed by atoms with Crippen molar-refractivity contribution < 1.29 is 4.48 Å². The minimum atomic E-state index is 0.614. The summed E-state index contributed by atoms with van der Waals surface area (Å²) in [6, 6.07) is 8.50. The summed E-state index contributed by atoms with van der Waals surface area (Å²) in [7, 11) is 4.20. The Morgan fingerprint density at radius 2 is 1.69 bits per heavy atom. The molecular formula is C10H14Cl2N+. The maximum atomic E-state index is 5.82. The molecule has 1 nitrogen and oxygen atoms in total. The molecule has 0 saturated heterocycles. The van der Waals surface area contributed by atoms with Crippen LogP contribution in [0.15, 0.2) is 24.3 Å². The molecule has 0 aliphatic rings. The maximum Gasteiger partial charge on any atom is 0.154 e. The number of rotatable bonds is 3. The summed E-state index contributed by atoms with van der Waals surface area (Å²) >= 11 is 11.6. The molecule has 1 aromatic rings. The molecule has 0 aliphatic heterocycles. The van der Waals surface area contributed by atoms with Gasteiger partial charge in [-0.2, -0.15) is 0 Å². The van der Waals surface area contributed by atoms with E-state index in [-0.39, 0.29) is 0 Å². The third-order valence-electron chi connectivity index (χ3n) is 1.85. The van der Waals surface area contributed by atoms with Crippen LogP contribution in [0, 0.1) is 0 Å². The number of quaternary nitrogens is 1. The van der Waals surface area contributed by atoms with E-state index in [1.54, 1.807) is 0 Å². The van der Waals surface area contributed by atoms with Crippen molar-refractivity contribution in [2.75, 3.05) is 20.1 Å². The molecule has 1 aromatic carbocycles. The SMILES string of the molecule is C[N+](C)(CCl)Cc1ccc(Cl)cc1. The second kappa shape index (κ2) is 4.32. The van der Waals surface area contributed by atoms with Crippen LogP contribution in [0.4, 0.5) is 0 Å². The first-order chi connectivity index (χ1) is 6.03. The Hall–Kier alpha value is -0.240. The molecule has 0 spiro atoms. The number of nitrogens with zero attached hydrogens (tertiary/aromatic N) is 1. The monoisotopic (exact) mass is 218 g/mol. The third-order valence-corrected chi connectivity index (χ3v) is 2.75. The first kappa shape index (κ1) is 10.8. The minimum Gasteiger partial charge on any atom is -0.312 e. The Morgan fingerprint density at radius 1 is 1.15 bits per heavy atom. The highest BCUT2D eigenvalue weighted by atomic mass is 35.5. The van der Waals surface area contributed by atoms with Gasteiger partial charge in [-0.15, -0.1) is 0 Å². The third kappa shape index (κ3) is 3.55. The fourth-order valence-corrected chi connectivity index (χ4v) is 1.34. The number of hydrogen-bond acceptors (Lipinski definition) is 0. The average Bonchev–Trinajstić information content (AvgIpc) is 2.09. The van der Waals surface area contributed by atoms with Crippen LogP contribution in [0.1, 0.15) is 5.56 Å². The Kier molecular flexibility index (Phi) is 3.60. The number of alkyl halides is 1. The lowest BCUT2D eigenvalue weighted by Gasteiger charge is -2.26. The molecule has 0 fully saturated rings. The van der Waals surface area contributed by atoms with E-state index in [1.165, 1.54) is 5.56 Å².